The number of rotatable bonds is 2. The van der Waals surface area contributed by atoms with Crippen molar-refractivity contribution in [3.8, 4) is 5.75 Å². The molecule has 2 heterocycles. The lowest BCUT2D eigenvalue weighted by Gasteiger charge is -2.16. The first-order valence-corrected chi connectivity index (χ1v) is 5.50. The maximum absolute atomic E-state index is 9.28. The fraction of sp³-hybridized carbons (Fsp3) is 0.417. The summed E-state index contributed by atoms with van der Waals surface area (Å²) in [5, 5.41) is 9.28. The normalized spacial score (nSPS) is 14.4. The summed E-state index contributed by atoms with van der Waals surface area (Å²) in [6.45, 7) is 0.947. The summed E-state index contributed by atoms with van der Waals surface area (Å²) >= 11 is 0. The van der Waals surface area contributed by atoms with Crippen LogP contribution in [0.1, 0.15) is 17.8 Å². The highest BCUT2D eigenvalue weighted by molar-refractivity contribution is 5.82. The maximum atomic E-state index is 9.28. The predicted octanol–water partition coefficient (Wildman–Crippen LogP) is 1.48. The zero-order valence-corrected chi connectivity index (χ0v) is 9.23. The van der Waals surface area contributed by atoms with Gasteiger partial charge in [0.05, 0.1) is 18.1 Å². The number of imidazole rings is 1. The van der Waals surface area contributed by atoms with Crippen LogP contribution in [0.2, 0.25) is 0 Å². The Labute approximate surface area is 93.5 Å². The Morgan fingerprint density at radius 1 is 1.50 bits per heavy atom. The van der Waals surface area contributed by atoms with Gasteiger partial charge in [0.2, 0.25) is 0 Å². The Morgan fingerprint density at radius 2 is 2.38 bits per heavy atom. The summed E-state index contributed by atoms with van der Waals surface area (Å²) in [4.78, 5) is 4.44. The SMILES string of the molecule is COc1cc2c3c(c1)nc(CO)n3CCC2. The minimum Gasteiger partial charge on any atom is -0.497 e. The average Bonchev–Trinajstić information content (AvgIpc) is 2.69. The highest BCUT2D eigenvalue weighted by Crippen LogP contribution is 2.30. The number of aromatic nitrogens is 2. The molecule has 4 nitrogen and oxygen atoms in total. The first-order chi connectivity index (χ1) is 7.83. The molecule has 3 rings (SSSR count). The van der Waals surface area contributed by atoms with E-state index in [4.69, 9.17) is 4.74 Å². The summed E-state index contributed by atoms with van der Waals surface area (Å²) in [6, 6.07) is 4.00. The molecule has 1 aromatic carbocycles. The van der Waals surface area contributed by atoms with E-state index in [0.29, 0.717) is 0 Å². The fourth-order valence-electron chi connectivity index (χ4n) is 2.47. The molecular weight excluding hydrogens is 204 g/mol. The number of aliphatic hydroxyl groups is 1. The molecular formula is C12H14N2O2. The monoisotopic (exact) mass is 218 g/mol. The van der Waals surface area contributed by atoms with Crippen molar-refractivity contribution in [2.45, 2.75) is 26.0 Å². The molecule has 1 N–H and O–H groups in total. The predicted molar refractivity (Wildman–Crippen MR) is 60.5 cm³/mol. The van der Waals surface area contributed by atoms with Crippen LogP contribution < -0.4 is 4.74 Å². The summed E-state index contributed by atoms with van der Waals surface area (Å²) in [7, 11) is 1.67. The number of ether oxygens (including phenoxy) is 1. The third-order valence-electron chi connectivity index (χ3n) is 3.18. The van der Waals surface area contributed by atoms with Gasteiger partial charge in [-0.1, -0.05) is 0 Å². The largest absolute Gasteiger partial charge is 0.497 e. The zero-order valence-electron chi connectivity index (χ0n) is 9.23. The number of aliphatic hydroxyl groups excluding tert-OH is 1. The molecule has 1 aliphatic rings. The maximum Gasteiger partial charge on any atom is 0.135 e. The van der Waals surface area contributed by atoms with E-state index in [9.17, 15) is 5.11 Å². The molecule has 16 heavy (non-hydrogen) atoms. The van der Waals surface area contributed by atoms with Crippen LogP contribution in [0.3, 0.4) is 0 Å². The van der Waals surface area contributed by atoms with Crippen LogP contribution in [-0.2, 0) is 19.6 Å². The molecule has 0 spiro atoms. The van der Waals surface area contributed by atoms with E-state index in [1.165, 1.54) is 5.56 Å². The highest BCUT2D eigenvalue weighted by Gasteiger charge is 2.18. The third-order valence-corrected chi connectivity index (χ3v) is 3.18. The van der Waals surface area contributed by atoms with E-state index in [0.717, 1.165) is 42.0 Å². The lowest BCUT2D eigenvalue weighted by Crippen LogP contribution is -2.10. The Balaban J connectivity index is 2.34. The molecule has 84 valence electrons. The average molecular weight is 218 g/mol. The Hall–Kier alpha value is -1.55. The molecule has 0 fully saturated rings. The van der Waals surface area contributed by atoms with Gasteiger partial charge in [0.25, 0.3) is 0 Å². The van der Waals surface area contributed by atoms with Crippen molar-refractivity contribution in [2.24, 2.45) is 0 Å². The van der Waals surface area contributed by atoms with Gasteiger partial charge in [0, 0.05) is 12.6 Å². The quantitative estimate of drug-likeness (QED) is 0.830. The number of benzene rings is 1. The minimum atomic E-state index is -0.00354. The molecule has 2 aromatic rings. The second-order valence-electron chi connectivity index (χ2n) is 4.10. The molecule has 1 aromatic heterocycles. The van der Waals surface area contributed by atoms with E-state index < -0.39 is 0 Å². The topological polar surface area (TPSA) is 47.3 Å². The van der Waals surface area contributed by atoms with Crippen molar-refractivity contribution in [1.82, 2.24) is 9.55 Å². The van der Waals surface area contributed by atoms with Crippen molar-refractivity contribution in [1.29, 1.82) is 0 Å². The minimum absolute atomic E-state index is 0.00354. The van der Waals surface area contributed by atoms with Crippen LogP contribution in [0.5, 0.6) is 5.75 Å². The number of methoxy groups -OCH3 is 1. The van der Waals surface area contributed by atoms with Gasteiger partial charge in [-0.05, 0) is 24.5 Å². The number of aryl methyl sites for hydroxylation is 2. The smallest absolute Gasteiger partial charge is 0.135 e. The van der Waals surface area contributed by atoms with Crippen LogP contribution in [0.15, 0.2) is 12.1 Å². The van der Waals surface area contributed by atoms with Gasteiger partial charge in [0.1, 0.15) is 18.2 Å². The summed E-state index contributed by atoms with van der Waals surface area (Å²) in [6.07, 6.45) is 2.16. The molecule has 0 saturated carbocycles. The first-order valence-electron chi connectivity index (χ1n) is 5.50. The van der Waals surface area contributed by atoms with Crippen LogP contribution in [0, 0.1) is 0 Å². The van der Waals surface area contributed by atoms with E-state index in [-0.39, 0.29) is 6.61 Å². The molecule has 4 heteroatoms. The first kappa shape index (κ1) is 9.66. The molecule has 0 radical (unpaired) electrons. The Kier molecular flexibility index (Phi) is 2.11. The molecule has 0 unspecified atom stereocenters. The third kappa shape index (κ3) is 1.23. The van der Waals surface area contributed by atoms with Crippen molar-refractivity contribution in [3.63, 3.8) is 0 Å². The second kappa shape index (κ2) is 3.49. The van der Waals surface area contributed by atoms with Gasteiger partial charge >= 0.3 is 0 Å². The molecule has 0 bridgehead atoms. The summed E-state index contributed by atoms with van der Waals surface area (Å²) in [5.74, 6) is 1.60. The van der Waals surface area contributed by atoms with Gasteiger partial charge in [-0.2, -0.15) is 0 Å². The molecule has 0 atom stereocenters. The fourth-order valence-corrected chi connectivity index (χ4v) is 2.47. The summed E-state index contributed by atoms with van der Waals surface area (Å²) < 4.78 is 7.38. The van der Waals surface area contributed by atoms with E-state index in [1.807, 2.05) is 6.07 Å². The highest BCUT2D eigenvalue weighted by atomic mass is 16.5. The van der Waals surface area contributed by atoms with Crippen LogP contribution in [0.4, 0.5) is 0 Å². The molecule has 0 saturated heterocycles. The van der Waals surface area contributed by atoms with Gasteiger partial charge in [-0.25, -0.2) is 4.98 Å². The molecule has 1 aliphatic heterocycles. The molecule has 0 aliphatic carbocycles. The summed E-state index contributed by atoms with van der Waals surface area (Å²) in [5.41, 5.74) is 3.36. The molecule has 0 amide bonds. The van der Waals surface area contributed by atoms with Gasteiger partial charge in [0.15, 0.2) is 0 Å². The van der Waals surface area contributed by atoms with Crippen molar-refractivity contribution in [3.05, 3.63) is 23.5 Å². The Morgan fingerprint density at radius 3 is 3.12 bits per heavy atom. The van der Waals surface area contributed by atoms with Crippen molar-refractivity contribution in [2.75, 3.05) is 7.11 Å². The van der Waals surface area contributed by atoms with Crippen LogP contribution >= 0.6 is 0 Å². The standard InChI is InChI=1S/C12H14N2O2/c1-16-9-5-8-3-2-4-14-11(7-15)13-10(6-9)12(8)14/h5-6,15H,2-4,7H2,1H3. The van der Waals surface area contributed by atoms with Gasteiger partial charge in [-0.3, -0.25) is 0 Å². The number of hydrogen-bond donors (Lipinski definition) is 1. The zero-order chi connectivity index (χ0) is 11.1. The lowest BCUT2D eigenvalue weighted by atomic mass is 10.0. The lowest BCUT2D eigenvalue weighted by molar-refractivity contribution is 0.265. The van der Waals surface area contributed by atoms with E-state index in [1.54, 1.807) is 7.11 Å². The van der Waals surface area contributed by atoms with Crippen LogP contribution in [0.25, 0.3) is 11.0 Å². The van der Waals surface area contributed by atoms with Crippen LogP contribution in [-0.4, -0.2) is 21.8 Å². The van der Waals surface area contributed by atoms with Gasteiger partial charge in [-0.15, -0.1) is 0 Å². The second-order valence-corrected chi connectivity index (χ2v) is 4.10. The van der Waals surface area contributed by atoms with E-state index >= 15 is 0 Å². The number of hydrogen-bond acceptors (Lipinski definition) is 3. The van der Waals surface area contributed by atoms with Gasteiger partial charge < -0.3 is 14.4 Å². The van der Waals surface area contributed by atoms with Crippen molar-refractivity contribution < 1.29 is 9.84 Å². The Bertz CT molecular complexity index is 545. The number of nitrogens with zero attached hydrogens (tertiary/aromatic N) is 2. The van der Waals surface area contributed by atoms with Crippen molar-refractivity contribution >= 4 is 11.0 Å². The van der Waals surface area contributed by atoms with E-state index in [2.05, 4.69) is 15.6 Å².